The molecule has 0 N–H and O–H groups in total. The molecule has 0 aliphatic heterocycles. The van der Waals surface area contributed by atoms with Crippen molar-refractivity contribution >= 4 is 102 Å². The first kappa shape index (κ1) is 33.0. The summed E-state index contributed by atoms with van der Waals surface area (Å²) in [6, 6.07) is 59.2. The topological polar surface area (TPSA) is 43.6 Å². The molecule has 0 spiro atoms. The average Bonchev–Trinajstić information content (AvgIpc) is 3.98. The third-order valence-electron chi connectivity index (χ3n) is 12.2. The monoisotopic (exact) mass is 788 g/mol. The average molecular weight is 789 g/mol. The molecule has 4 aromatic heterocycles. The number of hydrogen-bond donors (Lipinski definition) is 0. The highest BCUT2D eigenvalue weighted by Gasteiger charge is 2.25. The fraction of sp³-hybridized carbons (Fsp3) is 0.0377. The zero-order chi connectivity index (χ0) is 38.6. The van der Waals surface area contributed by atoms with Crippen LogP contribution in [0, 0.1) is 0 Å². The number of nitrogens with zero attached hydrogens (tertiary/aromatic N) is 4. The maximum absolute atomic E-state index is 5.32. The third-order valence-corrected chi connectivity index (χ3v) is 14.6. The first-order valence-electron chi connectivity index (χ1n) is 20.0. The molecule has 12 aromatic rings. The summed E-state index contributed by atoms with van der Waals surface area (Å²) in [6.45, 7) is 0. The van der Waals surface area contributed by atoms with Crippen molar-refractivity contribution in [1.82, 2.24) is 19.5 Å². The van der Waals surface area contributed by atoms with Gasteiger partial charge in [-0.05, 0) is 99.6 Å². The van der Waals surface area contributed by atoms with Crippen LogP contribution in [-0.2, 0) is 6.42 Å². The third kappa shape index (κ3) is 5.03. The van der Waals surface area contributed by atoms with Crippen molar-refractivity contribution in [3.05, 3.63) is 186 Å². The summed E-state index contributed by atoms with van der Waals surface area (Å²) in [7, 11) is 0. The van der Waals surface area contributed by atoms with Crippen LogP contribution in [0.15, 0.2) is 170 Å². The molecule has 0 radical (unpaired) electrons. The van der Waals surface area contributed by atoms with Gasteiger partial charge in [0.1, 0.15) is 5.82 Å². The van der Waals surface area contributed by atoms with Gasteiger partial charge in [-0.25, -0.2) is 15.0 Å². The van der Waals surface area contributed by atoms with E-state index in [2.05, 4.69) is 181 Å². The molecule has 1 aliphatic carbocycles. The maximum atomic E-state index is 5.32. The molecule has 1 aliphatic rings. The predicted molar refractivity (Wildman–Crippen MR) is 250 cm³/mol. The molecule has 0 bridgehead atoms. The normalized spacial score (nSPS) is 14.1. The second-order valence-corrected chi connectivity index (χ2v) is 17.6. The zero-order valence-corrected chi connectivity index (χ0v) is 33.3. The molecule has 0 amide bonds. The minimum Gasteiger partial charge on any atom is -0.309 e. The number of aromatic nitrogens is 4. The van der Waals surface area contributed by atoms with E-state index < -0.39 is 0 Å². The quantitative estimate of drug-likeness (QED) is 0.178. The maximum Gasteiger partial charge on any atom is 0.165 e. The van der Waals surface area contributed by atoms with Gasteiger partial charge in [0.15, 0.2) is 11.6 Å². The molecule has 6 heteroatoms. The van der Waals surface area contributed by atoms with Crippen molar-refractivity contribution < 1.29 is 0 Å². The van der Waals surface area contributed by atoms with E-state index >= 15 is 0 Å². The molecular weight excluding hydrogens is 757 g/mol. The lowest BCUT2D eigenvalue weighted by Crippen LogP contribution is -2.11. The van der Waals surface area contributed by atoms with E-state index in [0.29, 0.717) is 11.6 Å². The summed E-state index contributed by atoms with van der Waals surface area (Å²) in [5.74, 6) is 2.21. The lowest BCUT2D eigenvalue weighted by Gasteiger charge is -2.18. The summed E-state index contributed by atoms with van der Waals surface area (Å²) in [6.07, 6.45) is 5.41. The predicted octanol–water partition coefficient (Wildman–Crippen LogP) is 14.5. The molecule has 0 fully saturated rings. The summed E-state index contributed by atoms with van der Waals surface area (Å²) in [5.41, 5.74) is 6.85. The van der Waals surface area contributed by atoms with E-state index in [9.17, 15) is 0 Å². The van der Waals surface area contributed by atoms with Crippen LogP contribution in [0.5, 0.6) is 0 Å². The van der Waals surface area contributed by atoms with E-state index in [-0.39, 0.29) is 5.92 Å². The molecule has 0 saturated heterocycles. The first-order valence-corrected chi connectivity index (χ1v) is 21.7. The van der Waals surface area contributed by atoms with Crippen LogP contribution >= 0.6 is 22.7 Å². The Morgan fingerprint density at radius 1 is 0.492 bits per heavy atom. The molecule has 8 aromatic carbocycles. The fourth-order valence-corrected chi connectivity index (χ4v) is 11.8. The highest BCUT2D eigenvalue weighted by molar-refractivity contribution is 7.26. The molecule has 276 valence electrons. The van der Waals surface area contributed by atoms with Gasteiger partial charge in [0.05, 0.1) is 11.0 Å². The number of allylic oxidation sites excluding steroid dienone is 1. The lowest BCUT2D eigenvalue weighted by atomic mass is 9.91. The smallest absolute Gasteiger partial charge is 0.165 e. The number of rotatable bonds is 4. The fourth-order valence-electron chi connectivity index (χ4n) is 9.45. The van der Waals surface area contributed by atoms with Gasteiger partial charge in [0.2, 0.25) is 0 Å². The van der Waals surface area contributed by atoms with Gasteiger partial charge in [-0.3, -0.25) is 0 Å². The molecule has 1 atom stereocenters. The van der Waals surface area contributed by atoms with Crippen LogP contribution in [0.4, 0.5) is 0 Å². The second kappa shape index (κ2) is 12.8. The Hall–Kier alpha value is -6.99. The molecule has 1 unspecified atom stereocenters. The Morgan fingerprint density at radius 2 is 1.10 bits per heavy atom. The minimum absolute atomic E-state index is 0.0177. The van der Waals surface area contributed by atoms with E-state index in [1.807, 2.05) is 22.7 Å². The summed E-state index contributed by atoms with van der Waals surface area (Å²) >= 11 is 3.67. The second-order valence-electron chi connectivity index (χ2n) is 15.5. The van der Waals surface area contributed by atoms with E-state index in [1.54, 1.807) is 0 Å². The molecular formula is C53H32N4S2. The summed E-state index contributed by atoms with van der Waals surface area (Å²) in [5, 5.41) is 11.4. The molecule has 4 nitrogen and oxygen atoms in total. The van der Waals surface area contributed by atoms with Gasteiger partial charge in [0, 0.05) is 63.3 Å². The van der Waals surface area contributed by atoms with Gasteiger partial charge in [0.25, 0.3) is 0 Å². The molecule has 4 heterocycles. The Balaban J connectivity index is 0.987. The van der Waals surface area contributed by atoms with Crippen molar-refractivity contribution in [3.8, 4) is 28.5 Å². The van der Waals surface area contributed by atoms with Gasteiger partial charge in [-0.15, -0.1) is 22.7 Å². The first-order chi connectivity index (χ1) is 29.2. The standard InChI is InChI=1S/C53H32N4S2/c1-3-12-36-31(10-1)22-27-43-48(36)49-37-13-4-2-11-32(37)23-28-44(49)57(43)35-25-20-33(21-26-35)51-54-52(34-24-29-47-42(30-34)39-15-6-7-18-45(39)58-47)56-53(55-51)41-17-9-16-40-38-14-5-8-19-46(38)59-50(40)41/h1-29,34H,30H2. The van der Waals surface area contributed by atoms with Crippen molar-refractivity contribution in [3.63, 3.8) is 0 Å². The van der Waals surface area contributed by atoms with Crippen LogP contribution < -0.4 is 0 Å². The number of hydrogen-bond acceptors (Lipinski definition) is 5. The SMILES string of the molecule is C1=CC(c2nc(-c3ccc(-n4c5ccc6ccccc6c5c5c6ccccc6ccc54)cc3)nc(-c3cccc4c3sc3ccccc34)n2)Cc2c1sc1ccccc21. The van der Waals surface area contributed by atoms with E-state index in [0.717, 1.165) is 29.1 Å². The van der Waals surface area contributed by atoms with Gasteiger partial charge < -0.3 is 4.57 Å². The molecule has 0 saturated carbocycles. The van der Waals surface area contributed by atoms with Crippen molar-refractivity contribution in [2.24, 2.45) is 0 Å². The van der Waals surface area contributed by atoms with Gasteiger partial charge in [-0.1, -0.05) is 115 Å². The summed E-state index contributed by atoms with van der Waals surface area (Å²) in [4.78, 5) is 17.2. The van der Waals surface area contributed by atoms with Gasteiger partial charge in [-0.2, -0.15) is 0 Å². The Labute approximate surface area is 347 Å². The van der Waals surface area contributed by atoms with Crippen LogP contribution in [0.1, 0.15) is 22.2 Å². The van der Waals surface area contributed by atoms with Crippen LogP contribution in [0.2, 0.25) is 0 Å². The van der Waals surface area contributed by atoms with Crippen LogP contribution in [0.3, 0.4) is 0 Å². The number of fused-ring (bicyclic) bond motifs is 13. The van der Waals surface area contributed by atoms with E-state index in [1.165, 1.54) is 84.0 Å². The zero-order valence-electron chi connectivity index (χ0n) is 31.6. The Kier molecular flexibility index (Phi) is 7.14. The largest absolute Gasteiger partial charge is 0.309 e. The van der Waals surface area contributed by atoms with Crippen molar-refractivity contribution in [2.75, 3.05) is 0 Å². The Bertz CT molecular complexity index is 3630. The van der Waals surface area contributed by atoms with E-state index in [4.69, 9.17) is 15.0 Å². The summed E-state index contributed by atoms with van der Waals surface area (Å²) < 4.78 is 6.19. The molecule has 13 rings (SSSR count). The molecule has 59 heavy (non-hydrogen) atoms. The van der Waals surface area contributed by atoms with Crippen LogP contribution in [-0.4, -0.2) is 19.5 Å². The minimum atomic E-state index is 0.0177. The van der Waals surface area contributed by atoms with Gasteiger partial charge >= 0.3 is 0 Å². The lowest BCUT2D eigenvalue weighted by molar-refractivity contribution is 0.754. The van der Waals surface area contributed by atoms with Crippen LogP contribution in [0.25, 0.3) is 108 Å². The Morgan fingerprint density at radius 3 is 1.83 bits per heavy atom. The van der Waals surface area contributed by atoms with Crippen molar-refractivity contribution in [2.45, 2.75) is 12.3 Å². The number of thiophene rings is 2. The van der Waals surface area contributed by atoms with Crippen molar-refractivity contribution in [1.29, 1.82) is 0 Å². The highest BCUT2D eigenvalue weighted by Crippen LogP contribution is 2.43. The number of benzene rings is 8. The highest BCUT2D eigenvalue weighted by atomic mass is 32.1.